The van der Waals surface area contributed by atoms with E-state index in [0.717, 1.165) is 11.3 Å². The van der Waals surface area contributed by atoms with E-state index >= 15 is 0 Å². The fourth-order valence-corrected chi connectivity index (χ4v) is 2.76. The van der Waals surface area contributed by atoms with Crippen molar-refractivity contribution in [3.05, 3.63) is 96.1 Å². The maximum absolute atomic E-state index is 12.5. The molecule has 3 aromatic carbocycles. The van der Waals surface area contributed by atoms with Gasteiger partial charge in [0.15, 0.2) is 6.61 Å². The summed E-state index contributed by atoms with van der Waals surface area (Å²) in [6.07, 6.45) is 0. The van der Waals surface area contributed by atoms with Crippen LogP contribution in [0.25, 0.3) is 0 Å². The molecule has 0 bridgehead atoms. The molecule has 0 fully saturated rings. The molecule has 0 aromatic heterocycles. The highest BCUT2D eigenvalue weighted by molar-refractivity contribution is 5.97. The lowest BCUT2D eigenvalue weighted by Crippen LogP contribution is -2.31. The van der Waals surface area contributed by atoms with Gasteiger partial charge in [0.2, 0.25) is 0 Å². The summed E-state index contributed by atoms with van der Waals surface area (Å²) in [5.41, 5.74) is 2.84. The molecule has 0 heterocycles. The highest BCUT2D eigenvalue weighted by atomic mass is 16.5. The second-order valence-corrected chi connectivity index (χ2v) is 6.31. The summed E-state index contributed by atoms with van der Waals surface area (Å²) in [5.74, 6) is -0.903. The van der Waals surface area contributed by atoms with Gasteiger partial charge in [-0.2, -0.15) is 0 Å². The van der Waals surface area contributed by atoms with Crippen molar-refractivity contribution < 1.29 is 14.3 Å². The third-order valence-electron chi connectivity index (χ3n) is 4.21. The number of para-hydroxylation sites is 2. The van der Waals surface area contributed by atoms with Crippen molar-refractivity contribution in [3.8, 4) is 0 Å². The fraction of sp³-hybridized carbons (Fsp3) is 0.130. The van der Waals surface area contributed by atoms with E-state index in [-0.39, 0.29) is 18.6 Å². The van der Waals surface area contributed by atoms with Gasteiger partial charge >= 0.3 is 5.97 Å². The number of nitrogens with one attached hydrogen (secondary N) is 2. The van der Waals surface area contributed by atoms with E-state index in [1.165, 1.54) is 0 Å². The Balaban J connectivity index is 1.58. The van der Waals surface area contributed by atoms with E-state index in [4.69, 9.17) is 4.74 Å². The van der Waals surface area contributed by atoms with Gasteiger partial charge in [0.1, 0.15) is 0 Å². The van der Waals surface area contributed by atoms with Crippen LogP contribution >= 0.6 is 0 Å². The average Bonchev–Trinajstić information content (AvgIpc) is 2.74. The molecule has 0 radical (unpaired) electrons. The number of carbonyl (C=O) groups is 2. The lowest BCUT2D eigenvalue weighted by Gasteiger charge is -2.15. The van der Waals surface area contributed by atoms with E-state index in [9.17, 15) is 9.59 Å². The summed E-state index contributed by atoms with van der Waals surface area (Å²) in [7, 11) is 0. The van der Waals surface area contributed by atoms with E-state index < -0.39 is 5.97 Å². The first kappa shape index (κ1) is 19.2. The second kappa shape index (κ2) is 9.37. The molecule has 28 heavy (non-hydrogen) atoms. The topological polar surface area (TPSA) is 67.4 Å². The van der Waals surface area contributed by atoms with Crippen molar-refractivity contribution in [2.45, 2.75) is 13.0 Å². The van der Waals surface area contributed by atoms with Gasteiger partial charge in [0.05, 0.1) is 17.3 Å². The minimum atomic E-state index is -0.554. The number of ether oxygens (including phenoxy) is 1. The summed E-state index contributed by atoms with van der Waals surface area (Å²) in [6, 6.07) is 26.0. The quantitative estimate of drug-likeness (QED) is 0.599. The third-order valence-corrected chi connectivity index (χ3v) is 4.21. The number of carbonyl (C=O) groups excluding carboxylic acids is 2. The fourth-order valence-electron chi connectivity index (χ4n) is 2.76. The van der Waals surface area contributed by atoms with Crippen LogP contribution in [0.1, 0.15) is 28.9 Å². The maximum atomic E-state index is 12.5. The van der Waals surface area contributed by atoms with Gasteiger partial charge in [-0.05, 0) is 36.8 Å². The maximum Gasteiger partial charge on any atom is 0.340 e. The highest BCUT2D eigenvalue weighted by Gasteiger charge is 2.15. The number of hydrogen-bond acceptors (Lipinski definition) is 4. The van der Waals surface area contributed by atoms with Crippen molar-refractivity contribution in [1.29, 1.82) is 0 Å². The van der Waals surface area contributed by atoms with Crippen molar-refractivity contribution in [3.63, 3.8) is 0 Å². The van der Waals surface area contributed by atoms with Crippen LogP contribution in [0.4, 0.5) is 11.4 Å². The smallest absolute Gasteiger partial charge is 0.340 e. The molecule has 0 unspecified atom stereocenters. The number of esters is 1. The molecule has 0 aliphatic carbocycles. The Labute approximate surface area is 164 Å². The van der Waals surface area contributed by atoms with E-state index in [0.29, 0.717) is 11.3 Å². The number of anilines is 2. The standard InChI is InChI=1S/C23H22N2O3/c1-17(18-10-4-2-5-11-18)24-22(26)16-28-23(27)20-14-8-9-15-21(20)25-19-12-6-3-7-13-19/h2-15,17,25H,16H2,1H3,(H,24,26)/t17-/m0/s1. The van der Waals surface area contributed by atoms with Crippen LogP contribution in [-0.2, 0) is 9.53 Å². The molecule has 1 atom stereocenters. The van der Waals surface area contributed by atoms with E-state index in [1.54, 1.807) is 18.2 Å². The van der Waals surface area contributed by atoms with Gasteiger partial charge < -0.3 is 15.4 Å². The SMILES string of the molecule is C[C@H](NC(=O)COC(=O)c1ccccc1Nc1ccccc1)c1ccccc1. The number of benzene rings is 3. The predicted molar refractivity (Wildman–Crippen MR) is 109 cm³/mol. The monoisotopic (exact) mass is 374 g/mol. The van der Waals surface area contributed by atoms with Crippen molar-refractivity contribution in [1.82, 2.24) is 5.32 Å². The van der Waals surface area contributed by atoms with Crippen molar-refractivity contribution in [2.75, 3.05) is 11.9 Å². The zero-order valence-corrected chi connectivity index (χ0v) is 15.6. The van der Waals surface area contributed by atoms with Crippen LogP contribution in [0.2, 0.25) is 0 Å². The molecule has 0 saturated carbocycles. The van der Waals surface area contributed by atoms with Gasteiger partial charge in [0.25, 0.3) is 5.91 Å². The number of amides is 1. The molecular formula is C23H22N2O3. The first-order chi connectivity index (χ1) is 13.6. The summed E-state index contributed by atoms with van der Waals surface area (Å²) in [5, 5.41) is 6.02. The molecule has 5 heteroatoms. The van der Waals surface area contributed by atoms with Crippen LogP contribution in [0.5, 0.6) is 0 Å². The molecule has 2 N–H and O–H groups in total. The summed E-state index contributed by atoms with van der Waals surface area (Å²) >= 11 is 0. The average molecular weight is 374 g/mol. The Morgan fingerprint density at radius 3 is 2.18 bits per heavy atom. The van der Waals surface area contributed by atoms with Gasteiger partial charge in [-0.25, -0.2) is 4.79 Å². The second-order valence-electron chi connectivity index (χ2n) is 6.31. The molecule has 0 aliphatic heterocycles. The largest absolute Gasteiger partial charge is 0.452 e. The Bertz CT molecular complexity index is 927. The van der Waals surface area contributed by atoms with Crippen molar-refractivity contribution >= 4 is 23.3 Å². The lowest BCUT2D eigenvalue weighted by atomic mass is 10.1. The number of rotatable bonds is 7. The van der Waals surface area contributed by atoms with E-state index in [1.807, 2.05) is 73.7 Å². The molecular weight excluding hydrogens is 352 g/mol. The van der Waals surface area contributed by atoms with Crippen LogP contribution in [0, 0.1) is 0 Å². The summed E-state index contributed by atoms with van der Waals surface area (Å²) < 4.78 is 5.21. The van der Waals surface area contributed by atoms with Gasteiger partial charge in [-0.1, -0.05) is 60.7 Å². The van der Waals surface area contributed by atoms with Gasteiger partial charge in [-0.3, -0.25) is 4.79 Å². The zero-order valence-electron chi connectivity index (χ0n) is 15.6. The zero-order chi connectivity index (χ0) is 19.8. The van der Waals surface area contributed by atoms with Crippen LogP contribution < -0.4 is 10.6 Å². The summed E-state index contributed by atoms with van der Waals surface area (Å²) in [6.45, 7) is 1.55. The Morgan fingerprint density at radius 1 is 0.857 bits per heavy atom. The normalized spacial score (nSPS) is 11.3. The third kappa shape index (κ3) is 5.20. The van der Waals surface area contributed by atoms with Crippen LogP contribution in [-0.4, -0.2) is 18.5 Å². The van der Waals surface area contributed by atoms with Crippen LogP contribution in [0.15, 0.2) is 84.9 Å². The minimum absolute atomic E-state index is 0.167. The lowest BCUT2D eigenvalue weighted by molar-refractivity contribution is -0.124. The molecule has 0 saturated heterocycles. The Morgan fingerprint density at radius 2 is 1.46 bits per heavy atom. The summed E-state index contributed by atoms with van der Waals surface area (Å²) in [4.78, 5) is 24.6. The molecule has 3 rings (SSSR count). The van der Waals surface area contributed by atoms with Crippen LogP contribution in [0.3, 0.4) is 0 Å². The molecule has 0 spiro atoms. The Kier molecular flexibility index (Phi) is 6.41. The van der Waals surface area contributed by atoms with Crippen molar-refractivity contribution in [2.24, 2.45) is 0 Å². The van der Waals surface area contributed by atoms with E-state index in [2.05, 4.69) is 10.6 Å². The molecule has 3 aromatic rings. The molecule has 0 aliphatic rings. The highest BCUT2D eigenvalue weighted by Crippen LogP contribution is 2.21. The molecule has 5 nitrogen and oxygen atoms in total. The first-order valence-corrected chi connectivity index (χ1v) is 9.06. The first-order valence-electron chi connectivity index (χ1n) is 9.06. The Hall–Kier alpha value is -3.60. The molecule has 1 amide bonds. The predicted octanol–water partition coefficient (Wildman–Crippen LogP) is 4.46. The minimum Gasteiger partial charge on any atom is -0.452 e. The molecule has 142 valence electrons. The number of hydrogen-bond donors (Lipinski definition) is 2. The van der Waals surface area contributed by atoms with Gasteiger partial charge in [-0.15, -0.1) is 0 Å². The van der Waals surface area contributed by atoms with Gasteiger partial charge in [0, 0.05) is 5.69 Å².